The van der Waals surface area contributed by atoms with Crippen molar-refractivity contribution in [1.82, 2.24) is 9.78 Å². The predicted molar refractivity (Wildman–Crippen MR) is 102 cm³/mol. The van der Waals surface area contributed by atoms with Crippen LogP contribution in [0.4, 0.5) is 0 Å². The zero-order valence-corrected chi connectivity index (χ0v) is 15.4. The topological polar surface area (TPSA) is 85.3 Å². The highest BCUT2D eigenvalue weighted by Crippen LogP contribution is 2.19. The minimum absolute atomic E-state index is 0.243. The third kappa shape index (κ3) is 3.89. The number of nitrogens with zero attached hydrogens (tertiary/aromatic N) is 2. The summed E-state index contributed by atoms with van der Waals surface area (Å²) in [7, 11) is 0. The summed E-state index contributed by atoms with van der Waals surface area (Å²) in [5.74, 6) is -0.755. The van der Waals surface area contributed by atoms with Gasteiger partial charge in [0, 0.05) is 17.3 Å². The summed E-state index contributed by atoms with van der Waals surface area (Å²) in [4.78, 5) is 24.2. The van der Waals surface area contributed by atoms with Gasteiger partial charge < -0.3 is 9.52 Å². The molecule has 0 amide bonds. The second-order valence-corrected chi connectivity index (χ2v) is 6.33. The van der Waals surface area contributed by atoms with Crippen LogP contribution < -0.4 is 5.63 Å². The van der Waals surface area contributed by atoms with Crippen molar-refractivity contribution in [2.75, 3.05) is 0 Å². The van der Waals surface area contributed by atoms with Gasteiger partial charge in [0.1, 0.15) is 17.1 Å². The molecule has 0 aliphatic carbocycles. The fourth-order valence-corrected chi connectivity index (χ4v) is 2.93. The summed E-state index contributed by atoms with van der Waals surface area (Å²) in [6.45, 7) is 5.93. The lowest BCUT2D eigenvalue weighted by molar-refractivity contribution is 0.104. The fourth-order valence-electron chi connectivity index (χ4n) is 2.93. The van der Waals surface area contributed by atoms with Crippen molar-refractivity contribution in [1.29, 1.82) is 0 Å². The molecule has 0 saturated carbocycles. The number of aromatic nitrogens is 2. The Kier molecular flexibility index (Phi) is 5.07. The standard InChI is InChI=1S/C21H20N2O4/c1-13-11-19(25)20(21(26)27-13)18(24)10-9-17-14(2)22-23(15(17)3)12-16-7-5-4-6-8-16/h4-11,25H,12H2,1-3H3/b10-9+. The Morgan fingerprint density at radius 3 is 2.59 bits per heavy atom. The lowest BCUT2D eigenvalue weighted by Gasteiger charge is -2.04. The van der Waals surface area contributed by atoms with E-state index < -0.39 is 11.4 Å². The second-order valence-electron chi connectivity index (χ2n) is 6.33. The molecule has 1 aromatic carbocycles. The molecule has 6 heteroatoms. The Bertz CT molecular complexity index is 1080. The van der Waals surface area contributed by atoms with E-state index in [0.717, 1.165) is 22.5 Å². The molecule has 0 saturated heterocycles. The van der Waals surface area contributed by atoms with Gasteiger partial charge in [-0.15, -0.1) is 0 Å². The highest BCUT2D eigenvalue weighted by atomic mass is 16.4. The number of allylic oxidation sites excluding steroid dienone is 1. The summed E-state index contributed by atoms with van der Waals surface area (Å²) in [6.07, 6.45) is 2.87. The maximum atomic E-state index is 12.4. The van der Waals surface area contributed by atoms with Gasteiger partial charge in [0.2, 0.25) is 0 Å². The Hall–Kier alpha value is -3.41. The molecule has 0 bridgehead atoms. The van der Waals surface area contributed by atoms with E-state index in [1.807, 2.05) is 48.9 Å². The van der Waals surface area contributed by atoms with Crippen LogP contribution in [0.15, 0.2) is 51.7 Å². The molecule has 0 aliphatic heterocycles. The molecular weight excluding hydrogens is 344 g/mol. The average Bonchev–Trinajstić information content (AvgIpc) is 2.86. The Balaban J connectivity index is 1.88. The molecule has 0 aliphatic rings. The third-order valence-electron chi connectivity index (χ3n) is 4.31. The minimum Gasteiger partial charge on any atom is -0.507 e. The van der Waals surface area contributed by atoms with Crippen LogP contribution in [0.3, 0.4) is 0 Å². The van der Waals surface area contributed by atoms with Crippen LogP contribution in [0.5, 0.6) is 5.75 Å². The van der Waals surface area contributed by atoms with Crippen LogP contribution in [0.1, 0.15) is 38.6 Å². The van der Waals surface area contributed by atoms with E-state index in [9.17, 15) is 14.7 Å². The monoisotopic (exact) mass is 364 g/mol. The number of ketones is 1. The molecule has 2 aromatic heterocycles. The zero-order valence-electron chi connectivity index (χ0n) is 15.4. The van der Waals surface area contributed by atoms with E-state index in [4.69, 9.17) is 4.42 Å². The summed E-state index contributed by atoms with van der Waals surface area (Å²) < 4.78 is 6.76. The third-order valence-corrected chi connectivity index (χ3v) is 4.31. The fraction of sp³-hybridized carbons (Fsp3) is 0.190. The van der Waals surface area contributed by atoms with Crippen LogP contribution in [0, 0.1) is 20.8 Å². The molecule has 138 valence electrons. The van der Waals surface area contributed by atoms with Crippen LogP contribution in [-0.4, -0.2) is 20.7 Å². The molecule has 0 spiro atoms. The normalized spacial score (nSPS) is 11.2. The Morgan fingerprint density at radius 2 is 1.93 bits per heavy atom. The molecule has 6 nitrogen and oxygen atoms in total. The highest BCUT2D eigenvalue weighted by molar-refractivity contribution is 6.08. The van der Waals surface area contributed by atoms with Crippen LogP contribution >= 0.6 is 0 Å². The maximum absolute atomic E-state index is 12.4. The number of hydrogen-bond donors (Lipinski definition) is 1. The van der Waals surface area contributed by atoms with Gasteiger partial charge in [-0.1, -0.05) is 30.3 Å². The van der Waals surface area contributed by atoms with E-state index in [2.05, 4.69) is 5.10 Å². The van der Waals surface area contributed by atoms with Gasteiger partial charge in [-0.3, -0.25) is 9.48 Å². The number of carbonyl (C=O) groups excluding carboxylic acids is 1. The van der Waals surface area contributed by atoms with Gasteiger partial charge >= 0.3 is 5.63 Å². The molecule has 0 atom stereocenters. The van der Waals surface area contributed by atoms with Crippen molar-refractivity contribution in [2.45, 2.75) is 27.3 Å². The van der Waals surface area contributed by atoms with Gasteiger partial charge in [0.15, 0.2) is 5.78 Å². The molecular formula is C21H20N2O4. The highest BCUT2D eigenvalue weighted by Gasteiger charge is 2.17. The molecule has 27 heavy (non-hydrogen) atoms. The molecule has 3 rings (SSSR count). The maximum Gasteiger partial charge on any atom is 0.351 e. The summed E-state index contributed by atoms with van der Waals surface area (Å²) in [5.41, 5.74) is 2.37. The molecule has 1 N–H and O–H groups in total. The van der Waals surface area contributed by atoms with E-state index in [1.165, 1.54) is 19.1 Å². The molecule has 0 unspecified atom stereocenters. The van der Waals surface area contributed by atoms with Crippen molar-refractivity contribution in [3.63, 3.8) is 0 Å². The van der Waals surface area contributed by atoms with E-state index in [1.54, 1.807) is 6.08 Å². The van der Waals surface area contributed by atoms with Crippen molar-refractivity contribution >= 4 is 11.9 Å². The summed E-state index contributed by atoms with van der Waals surface area (Å²) in [6, 6.07) is 11.2. The van der Waals surface area contributed by atoms with E-state index >= 15 is 0 Å². The van der Waals surface area contributed by atoms with Gasteiger partial charge in [0.25, 0.3) is 0 Å². The average molecular weight is 364 g/mol. The predicted octanol–water partition coefficient (Wildman–Crippen LogP) is 3.41. The van der Waals surface area contributed by atoms with Gasteiger partial charge in [-0.2, -0.15) is 5.10 Å². The van der Waals surface area contributed by atoms with E-state index in [-0.39, 0.29) is 17.1 Å². The van der Waals surface area contributed by atoms with E-state index in [0.29, 0.717) is 6.54 Å². The van der Waals surface area contributed by atoms with Crippen molar-refractivity contribution < 1.29 is 14.3 Å². The first kappa shape index (κ1) is 18.4. The second kappa shape index (κ2) is 7.45. The Morgan fingerprint density at radius 1 is 1.22 bits per heavy atom. The number of carbonyl (C=O) groups is 1. The summed E-state index contributed by atoms with van der Waals surface area (Å²) >= 11 is 0. The quantitative estimate of drug-likeness (QED) is 0.554. The minimum atomic E-state index is -0.852. The first-order valence-corrected chi connectivity index (χ1v) is 8.51. The number of benzene rings is 1. The van der Waals surface area contributed by atoms with Gasteiger partial charge in [-0.25, -0.2) is 4.79 Å². The number of hydrogen-bond acceptors (Lipinski definition) is 5. The zero-order chi connectivity index (χ0) is 19.6. The van der Waals surface area contributed by atoms with Gasteiger partial charge in [-0.05, 0) is 38.5 Å². The Labute approximate surface area is 156 Å². The molecule has 3 aromatic rings. The largest absolute Gasteiger partial charge is 0.507 e. The van der Waals surface area contributed by atoms with Crippen molar-refractivity contribution in [3.05, 3.63) is 86.7 Å². The number of aryl methyl sites for hydroxylation is 2. The molecule has 0 fully saturated rings. The lowest BCUT2D eigenvalue weighted by Crippen LogP contribution is -2.13. The number of rotatable bonds is 5. The van der Waals surface area contributed by atoms with Crippen LogP contribution in [0.25, 0.3) is 6.08 Å². The first-order valence-electron chi connectivity index (χ1n) is 8.51. The molecule has 2 heterocycles. The van der Waals surface area contributed by atoms with Crippen molar-refractivity contribution in [3.8, 4) is 5.75 Å². The van der Waals surface area contributed by atoms with Crippen LogP contribution in [0.2, 0.25) is 0 Å². The van der Waals surface area contributed by atoms with Crippen LogP contribution in [-0.2, 0) is 6.54 Å². The van der Waals surface area contributed by atoms with Gasteiger partial charge in [0.05, 0.1) is 12.2 Å². The lowest BCUT2D eigenvalue weighted by atomic mass is 10.1. The SMILES string of the molecule is Cc1cc(O)c(C(=O)/C=C/c2c(C)nn(Cc3ccccc3)c2C)c(=O)o1. The molecule has 0 radical (unpaired) electrons. The first-order chi connectivity index (χ1) is 12.9. The smallest absolute Gasteiger partial charge is 0.351 e. The van der Waals surface area contributed by atoms with Crippen molar-refractivity contribution in [2.24, 2.45) is 0 Å². The number of aromatic hydroxyl groups is 1. The summed E-state index contributed by atoms with van der Waals surface area (Å²) in [5, 5.41) is 14.4.